The number of hydrogen-bond donors (Lipinski definition) is 1. The molecule has 3 rings (SSSR count). The lowest BCUT2D eigenvalue weighted by Gasteiger charge is -2.06. The van der Waals surface area contributed by atoms with Crippen molar-refractivity contribution in [2.45, 2.75) is 6.10 Å². The zero-order valence-electron chi connectivity index (χ0n) is 9.54. The Morgan fingerprint density at radius 1 is 1.44 bits per heavy atom. The van der Waals surface area contributed by atoms with Gasteiger partial charge in [-0.1, -0.05) is 17.3 Å². The minimum absolute atomic E-state index is 0.474. The largest absolute Gasteiger partial charge is 0.457 e. The highest BCUT2D eigenvalue weighted by atomic mass is 79.9. The smallest absolute Gasteiger partial charge is 0.155 e. The lowest BCUT2D eigenvalue weighted by atomic mass is 10.2. The van der Waals surface area contributed by atoms with Gasteiger partial charge in [0.2, 0.25) is 0 Å². The molecule has 0 spiro atoms. The average Bonchev–Trinajstić information content (AvgIpc) is 2.95. The van der Waals surface area contributed by atoms with Crippen molar-refractivity contribution in [1.29, 1.82) is 0 Å². The maximum Gasteiger partial charge on any atom is 0.155 e. The molecule has 3 aromatic rings. The van der Waals surface area contributed by atoms with Gasteiger partial charge in [-0.25, -0.2) is 4.68 Å². The quantitative estimate of drug-likeness (QED) is 0.789. The van der Waals surface area contributed by atoms with Gasteiger partial charge in [-0.15, -0.1) is 5.10 Å². The first-order valence-corrected chi connectivity index (χ1v) is 6.16. The summed E-state index contributed by atoms with van der Waals surface area (Å²) >= 11 is 3.42. The first-order chi connectivity index (χ1) is 8.66. The Balaban J connectivity index is 2.10. The van der Waals surface area contributed by atoms with Crippen molar-refractivity contribution in [2.24, 2.45) is 7.05 Å². The monoisotopic (exact) mass is 307 g/mol. The van der Waals surface area contributed by atoms with Crippen molar-refractivity contribution < 1.29 is 9.52 Å². The zero-order chi connectivity index (χ0) is 12.7. The van der Waals surface area contributed by atoms with E-state index < -0.39 is 6.10 Å². The number of hydrogen-bond acceptors (Lipinski definition) is 4. The van der Waals surface area contributed by atoms with Gasteiger partial charge < -0.3 is 9.52 Å². The second kappa shape index (κ2) is 4.22. The molecule has 5 nitrogen and oxygen atoms in total. The molecule has 0 amide bonds. The van der Waals surface area contributed by atoms with Crippen LogP contribution in [-0.2, 0) is 7.05 Å². The number of aliphatic hydroxyl groups excluding tert-OH is 1. The number of halogens is 1. The summed E-state index contributed by atoms with van der Waals surface area (Å²) in [5, 5.41) is 18.7. The van der Waals surface area contributed by atoms with Crippen molar-refractivity contribution in [2.75, 3.05) is 0 Å². The maximum atomic E-state index is 10.2. The normalized spacial score (nSPS) is 13.1. The Morgan fingerprint density at radius 3 is 2.94 bits per heavy atom. The summed E-state index contributed by atoms with van der Waals surface area (Å²) in [6.45, 7) is 0. The van der Waals surface area contributed by atoms with E-state index in [1.807, 2.05) is 24.3 Å². The van der Waals surface area contributed by atoms with Crippen LogP contribution in [0.4, 0.5) is 0 Å². The summed E-state index contributed by atoms with van der Waals surface area (Å²) in [6, 6.07) is 7.57. The highest BCUT2D eigenvalue weighted by Crippen LogP contribution is 2.31. The predicted molar refractivity (Wildman–Crippen MR) is 69.0 cm³/mol. The summed E-state index contributed by atoms with van der Waals surface area (Å²) in [7, 11) is 1.73. The number of rotatable bonds is 2. The molecule has 1 unspecified atom stereocenters. The zero-order valence-corrected chi connectivity index (χ0v) is 11.1. The molecule has 0 saturated carbocycles. The number of fused-ring (bicyclic) bond motifs is 1. The highest BCUT2D eigenvalue weighted by Gasteiger charge is 2.19. The van der Waals surface area contributed by atoms with E-state index in [0.717, 1.165) is 15.4 Å². The predicted octanol–water partition coefficient (Wildman–Crippen LogP) is 2.41. The molecule has 1 aromatic carbocycles. The Labute approximate surface area is 111 Å². The SMILES string of the molecule is Cn1nncc1C(O)c1cc2cccc(Br)c2o1. The minimum atomic E-state index is -0.871. The molecular formula is C12H10BrN3O2. The van der Waals surface area contributed by atoms with Gasteiger partial charge in [-0.2, -0.15) is 0 Å². The molecule has 2 aromatic heterocycles. The molecule has 1 atom stereocenters. The topological polar surface area (TPSA) is 64.1 Å². The van der Waals surface area contributed by atoms with Gasteiger partial charge in [0.25, 0.3) is 0 Å². The summed E-state index contributed by atoms with van der Waals surface area (Å²) < 4.78 is 8.06. The molecule has 92 valence electrons. The highest BCUT2D eigenvalue weighted by molar-refractivity contribution is 9.10. The van der Waals surface area contributed by atoms with Crippen LogP contribution in [0.25, 0.3) is 11.0 Å². The number of aryl methyl sites for hydroxylation is 1. The molecular weight excluding hydrogens is 298 g/mol. The molecule has 18 heavy (non-hydrogen) atoms. The molecule has 1 N–H and O–H groups in total. The molecule has 0 bridgehead atoms. The third kappa shape index (κ3) is 1.74. The van der Waals surface area contributed by atoms with E-state index in [1.54, 1.807) is 7.05 Å². The number of benzene rings is 1. The van der Waals surface area contributed by atoms with Crippen molar-refractivity contribution in [3.05, 3.63) is 46.4 Å². The van der Waals surface area contributed by atoms with Crippen LogP contribution in [0.5, 0.6) is 0 Å². The Kier molecular flexibility index (Phi) is 2.68. The number of aromatic nitrogens is 3. The standard InChI is InChI=1S/C12H10BrN3O2/c1-16-9(6-14-15-16)11(17)10-5-7-3-2-4-8(13)12(7)18-10/h2-6,11,17H,1H3. The molecule has 0 radical (unpaired) electrons. The second-order valence-corrected chi connectivity index (χ2v) is 4.85. The summed E-state index contributed by atoms with van der Waals surface area (Å²) in [5.41, 5.74) is 1.31. The van der Waals surface area contributed by atoms with Gasteiger partial charge in [-0.05, 0) is 28.1 Å². The van der Waals surface area contributed by atoms with Crippen molar-refractivity contribution in [3.63, 3.8) is 0 Å². The minimum Gasteiger partial charge on any atom is -0.457 e. The first kappa shape index (κ1) is 11.4. The summed E-state index contributed by atoms with van der Waals surface area (Å²) in [6.07, 6.45) is 0.650. The van der Waals surface area contributed by atoms with Crippen molar-refractivity contribution >= 4 is 26.9 Å². The number of aliphatic hydroxyl groups is 1. The lowest BCUT2D eigenvalue weighted by molar-refractivity contribution is 0.182. The fourth-order valence-electron chi connectivity index (χ4n) is 1.87. The van der Waals surface area contributed by atoms with Crippen LogP contribution < -0.4 is 0 Å². The van der Waals surface area contributed by atoms with Gasteiger partial charge in [0.15, 0.2) is 6.10 Å². The first-order valence-electron chi connectivity index (χ1n) is 5.37. The van der Waals surface area contributed by atoms with Gasteiger partial charge in [0, 0.05) is 12.4 Å². The molecule has 0 aliphatic heterocycles. The van der Waals surface area contributed by atoms with Crippen molar-refractivity contribution in [3.8, 4) is 0 Å². The van der Waals surface area contributed by atoms with E-state index in [2.05, 4.69) is 26.2 Å². The number of para-hydroxylation sites is 1. The van der Waals surface area contributed by atoms with Crippen LogP contribution in [0, 0.1) is 0 Å². The molecule has 0 saturated heterocycles. The van der Waals surface area contributed by atoms with Gasteiger partial charge in [0.05, 0.1) is 16.4 Å². The van der Waals surface area contributed by atoms with E-state index in [0.29, 0.717) is 11.5 Å². The van der Waals surface area contributed by atoms with Crippen LogP contribution in [0.1, 0.15) is 17.6 Å². The maximum absolute atomic E-state index is 10.2. The summed E-state index contributed by atoms with van der Waals surface area (Å²) in [4.78, 5) is 0. The molecule has 0 aliphatic rings. The van der Waals surface area contributed by atoms with Gasteiger partial charge in [-0.3, -0.25) is 0 Å². The fraction of sp³-hybridized carbons (Fsp3) is 0.167. The number of nitrogens with zero attached hydrogens (tertiary/aromatic N) is 3. The van der Waals surface area contributed by atoms with E-state index in [4.69, 9.17) is 4.42 Å². The average molecular weight is 308 g/mol. The van der Waals surface area contributed by atoms with Gasteiger partial charge in [0.1, 0.15) is 11.3 Å². The Morgan fingerprint density at radius 2 is 2.28 bits per heavy atom. The third-order valence-corrected chi connectivity index (χ3v) is 3.44. The number of furan rings is 1. The molecule has 2 heterocycles. The van der Waals surface area contributed by atoms with Crippen LogP contribution in [0.3, 0.4) is 0 Å². The van der Waals surface area contributed by atoms with E-state index in [-0.39, 0.29) is 0 Å². The van der Waals surface area contributed by atoms with Gasteiger partial charge >= 0.3 is 0 Å². The summed E-state index contributed by atoms with van der Waals surface area (Å²) in [5.74, 6) is 0.474. The van der Waals surface area contributed by atoms with Crippen LogP contribution in [-0.4, -0.2) is 20.1 Å². The van der Waals surface area contributed by atoms with E-state index in [9.17, 15) is 5.11 Å². The van der Waals surface area contributed by atoms with E-state index in [1.165, 1.54) is 10.9 Å². The molecule has 6 heteroatoms. The van der Waals surface area contributed by atoms with Crippen LogP contribution in [0.15, 0.2) is 39.4 Å². The molecule has 0 fully saturated rings. The third-order valence-electron chi connectivity index (χ3n) is 2.81. The Bertz CT molecular complexity index is 704. The Hall–Kier alpha value is -1.66. The van der Waals surface area contributed by atoms with Crippen LogP contribution >= 0.6 is 15.9 Å². The lowest BCUT2D eigenvalue weighted by Crippen LogP contribution is -2.05. The van der Waals surface area contributed by atoms with E-state index >= 15 is 0 Å². The van der Waals surface area contributed by atoms with Crippen molar-refractivity contribution in [1.82, 2.24) is 15.0 Å². The second-order valence-electron chi connectivity index (χ2n) is 3.99. The molecule has 0 aliphatic carbocycles. The van der Waals surface area contributed by atoms with Crippen LogP contribution in [0.2, 0.25) is 0 Å². The fourth-order valence-corrected chi connectivity index (χ4v) is 2.34.